The van der Waals surface area contributed by atoms with Crippen molar-refractivity contribution >= 4 is 162 Å². The fraction of sp³-hybridized carbons (Fsp3) is 0. The van der Waals surface area contributed by atoms with Crippen LogP contribution in [0.25, 0.3) is 252 Å². The van der Waals surface area contributed by atoms with Gasteiger partial charge in [-0.1, -0.05) is 285 Å². The number of para-hydroxylation sites is 5. The van der Waals surface area contributed by atoms with Crippen molar-refractivity contribution in [2.75, 3.05) is 0 Å². The van der Waals surface area contributed by atoms with Crippen LogP contribution in [0.4, 0.5) is 0 Å². The first-order chi connectivity index (χ1) is 58.4. The number of aromatic nitrogens is 6. The molecule has 8 aromatic heterocycles. The highest BCUT2D eigenvalue weighted by Gasteiger charge is 2.25. The van der Waals surface area contributed by atoms with Crippen LogP contribution < -0.4 is 0 Å². The molecule has 0 saturated carbocycles. The Morgan fingerprint density at radius 1 is 0.186 bits per heavy atom. The van der Waals surface area contributed by atoms with Gasteiger partial charge >= 0.3 is 0 Å². The van der Waals surface area contributed by atoms with Crippen LogP contribution in [0.5, 0.6) is 0 Å². The van der Waals surface area contributed by atoms with E-state index in [1.165, 1.54) is 41.7 Å². The highest BCUT2D eigenvalue weighted by atomic mass is 32.1. The molecule has 9 nitrogen and oxygen atoms in total. The van der Waals surface area contributed by atoms with Crippen molar-refractivity contribution in [2.45, 2.75) is 0 Å². The summed E-state index contributed by atoms with van der Waals surface area (Å²) in [5, 5.41) is 20.4. The fourth-order valence-corrected chi connectivity index (χ4v) is 18.9. The lowest BCUT2D eigenvalue weighted by molar-refractivity contribution is 0.668. The Bertz CT molecular complexity index is 8440. The lowest BCUT2D eigenvalue weighted by atomic mass is 9.92. The molecule has 17 aromatic carbocycles. The Balaban J connectivity index is 0.000000139. The van der Waals surface area contributed by atoms with Gasteiger partial charge < -0.3 is 13.3 Å². The average Bonchev–Trinajstić information content (AvgIpc) is 1.39. The summed E-state index contributed by atoms with van der Waals surface area (Å²) in [6.45, 7) is 0. The Morgan fingerprint density at radius 2 is 0.602 bits per heavy atom. The van der Waals surface area contributed by atoms with Crippen LogP contribution in [0.15, 0.2) is 389 Å². The van der Waals surface area contributed by atoms with Crippen LogP contribution in [-0.2, 0) is 0 Å². The first kappa shape index (κ1) is 66.9. The van der Waals surface area contributed by atoms with Gasteiger partial charge in [0.25, 0.3) is 0 Å². The number of pyridine rings is 2. The number of nitrogens with zero attached hydrogens (tertiary/aromatic N) is 6. The van der Waals surface area contributed by atoms with Crippen LogP contribution in [-0.4, -0.2) is 29.9 Å². The van der Waals surface area contributed by atoms with E-state index < -0.39 is 0 Å². The van der Waals surface area contributed by atoms with Crippen molar-refractivity contribution < 1.29 is 13.3 Å². The van der Waals surface area contributed by atoms with Gasteiger partial charge in [0.1, 0.15) is 33.5 Å². The molecule has 25 aromatic rings. The van der Waals surface area contributed by atoms with Crippen molar-refractivity contribution in [2.24, 2.45) is 0 Å². The molecule has 0 amide bonds. The number of benzene rings is 17. The first-order valence-electron chi connectivity index (χ1n) is 39.6. The van der Waals surface area contributed by atoms with Crippen molar-refractivity contribution in [3.63, 3.8) is 0 Å². The molecule has 10 heteroatoms. The van der Waals surface area contributed by atoms with Gasteiger partial charge in [-0.05, 0) is 118 Å². The zero-order chi connectivity index (χ0) is 77.5. The zero-order valence-electron chi connectivity index (χ0n) is 63.1. The van der Waals surface area contributed by atoms with E-state index in [0.717, 1.165) is 199 Å². The Kier molecular flexibility index (Phi) is 15.3. The molecule has 118 heavy (non-hydrogen) atoms. The second-order valence-electron chi connectivity index (χ2n) is 30.2. The molecule has 25 rings (SSSR count). The number of fused-ring (bicyclic) bond motifs is 23. The Morgan fingerprint density at radius 3 is 1.25 bits per heavy atom. The highest BCUT2D eigenvalue weighted by Crippen LogP contribution is 2.48. The minimum absolute atomic E-state index is 0.599. The van der Waals surface area contributed by atoms with E-state index in [4.69, 9.17) is 43.2 Å². The van der Waals surface area contributed by atoms with E-state index in [2.05, 4.69) is 309 Å². The molecule has 0 unspecified atom stereocenters. The molecule has 0 fully saturated rings. The summed E-state index contributed by atoms with van der Waals surface area (Å²) in [5.41, 5.74) is 22.2. The summed E-state index contributed by atoms with van der Waals surface area (Å²) in [6.07, 6.45) is 0. The highest BCUT2D eigenvalue weighted by molar-refractivity contribution is 7.25. The molecule has 8 heterocycles. The van der Waals surface area contributed by atoms with E-state index in [9.17, 15) is 0 Å². The minimum atomic E-state index is 0.599. The van der Waals surface area contributed by atoms with Crippen molar-refractivity contribution in [1.29, 1.82) is 0 Å². The normalized spacial score (nSPS) is 11.9. The van der Waals surface area contributed by atoms with Gasteiger partial charge in [0.15, 0.2) is 11.6 Å². The summed E-state index contributed by atoms with van der Waals surface area (Å²) < 4.78 is 21.7. The molecule has 0 bridgehead atoms. The van der Waals surface area contributed by atoms with E-state index >= 15 is 0 Å². The molecule has 0 saturated heterocycles. The lowest BCUT2D eigenvalue weighted by Gasteiger charge is -2.15. The van der Waals surface area contributed by atoms with Gasteiger partial charge in [0, 0.05) is 135 Å². The predicted molar refractivity (Wildman–Crippen MR) is 488 cm³/mol. The monoisotopic (exact) mass is 1520 g/mol. The van der Waals surface area contributed by atoms with Crippen LogP contribution in [0, 0.1) is 0 Å². The second kappa shape index (κ2) is 27.0. The molecular weight excluding hydrogens is 1460 g/mol. The molecule has 0 atom stereocenters. The van der Waals surface area contributed by atoms with Crippen molar-refractivity contribution in [3.05, 3.63) is 376 Å². The topological polar surface area (TPSA) is 117 Å². The molecule has 0 radical (unpaired) electrons. The summed E-state index contributed by atoms with van der Waals surface area (Å²) in [7, 11) is 0. The van der Waals surface area contributed by atoms with Crippen LogP contribution in [0.2, 0.25) is 0 Å². The molecule has 0 aliphatic rings. The maximum atomic E-state index is 6.51. The second-order valence-corrected chi connectivity index (χ2v) is 31.3. The summed E-state index contributed by atoms with van der Waals surface area (Å²) in [5.74, 6) is 1.30. The zero-order valence-corrected chi connectivity index (χ0v) is 63.9. The van der Waals surface area contributed by atoms with Gasteiger partial charge in [-0.15, -0.1) is 11.3 Å². The van der Waals surface area contributed by atoms with E-state index in [0.29, 0.717) is 11.6 Å². The van der Waals surface area contributed by atoms with Crippen molar-refractivity contribution in [1.82, 2.24) is 29.9 Å². The third kappa shape index (κ3) is 11.1. The van der Waals surface area contributed by atoms with Crippen LogP contribution in [0.1, 0.15) is 0 Å². The Labute approximate surface area is 678 Å². The molecule has 0 N–H and O–H groups in total. The van der Waals surface area contributed by atoms with E-state index in [1.807, 2.05) is 78.1 Å². The predicted octanol–water partition coefficient (Wildman–Crippen LogP) is 29.7. The molecule has 0 aliphatic carbocycles. The summed E-state index contributed by atoms with van der Waals surface area (Å²) >= 11 is 1.81. The standard InChI is InChI=1S/C61H35N3OS.C47H27N3O2/c1-2-12-39(13-3-1)51-35-52(63-61(62-51)42-29-30-46-45-15-7-9-20-55(45)66-56(46)34-42)40-26-23-37(24-27-40)44-17-10-18-48-57-49(31-32-54-58(57)47-16-6-8-19-53(47)65-54)59(64-60(44)48)41-28-25-38-22-21-36-11-4-5-14-43(36)50(38)33-41;1-3-12-28(13-4-1)37-27-38(30-22-23-32-31-16-7-9-20-39(31)52-42(32)26-30)49-47(48-37)36-19-11-18-34-43-35(45(50-46(34)36)29-14-5-2-6-15-29)24-25-41-44(43)33-17-8-10-21-40(33)51-41/h1-35H;1-27H. The molecule has 548 valence electrons. The molecule has 0 aliphatic heterocycles. The maximum Gasteiger partial charge on any atom is 0.162 e. The minimum Gasteiger partial charge on any atom is -0.456 e. The number of hydrogen-bond donors (Lipinski definition) is 0. The number of furan rings is 3. The average molecular weight is 1520 g/mol. The van der Waals surface area contributed by atoms with E-state index in [1.54, 1.807) is 0 Å². The van der Waals surface area contributed by atoms with Gasteiger partial charge in [0.05, 0.1) is 45.2 Å². The van der Waals surface area contributed by atoms with E-state index in [-0.39, 0.29) is 0 Å². The molecular formula is C108H62N6O3S. The summed E-state index contributed by atoms with van der Waals surface area (Å²) in [4.78, 5) is 32.1. The third-order valence-corrected chi connectivity index (χ3v) is 24.5. The SMILES string of the molecule is c1ccc(-c2cc(-c3ccc(-c4cccc5c4nc(-c4ccc6ccc7ccccc7c6c4)c4ccc6oc7ccccc7c6c45)cc3)nc(-c3ccc4c(c3)sc3ccccc34)n2)cc1.c1ccc(-c2cc(-c3ccc4c(c3)oc3ccccc34)nc(-c3cccc4c3nc(-c3ccccc3)c3ccc5oc6ccccc6c5c34)n2)cc1. The first-order valence-corrected chi connectivity index (χ1v) is 40.4. The van der Waals surface area contributed by atoms with Gasteiger partial charge in [0.2, 0.25) is 0 Å². The number of thiophene rings is 1. The fourth-order valence-electron chi connectivity index (χ4n) is 17.8. The van der Waals surface area contributed by atoms with Gasteiger partial charge in [-0.25, -0.2) is 29.9 Å². The Hall–Kier alpha value is -15.6. The lowest BCUT2D eigenvalue weighted by Crippen LogP contribution is -1.98. The largest absolute Gasteiger partial charge is 0.456 e. The van der Waals surface area contributed by atoms with Gasteiger partial charge in [-0.3, -0.25) is 0 Å². The quantitative estimate of drug-likeness (QED) is 0.130. The number of hydrogen-bond acceptors (Lipinski definition) is 10. The maximum absolute atomic E-state index is 6.51. The molecule has 0 spiro atoms. The van der Waals surface area contributed by atoms with Crippen LogP contribution >= 0.6 is 11.3 Å². The third-order valence-electron chi connectivity index (χ3n) is 23.4. The van der Waals surface area contributed by atoms with Crippen molar-refractivity contribution in [3.8, 4) is 101 Å². The summed E-state index contributed by atoms with van der Waals surface area (Å²) in [6, 6.07) is 131. The smallest absolute Gasteiger partial charge is 0.162 e. The van der Waals surface area contributed by atoms with Crippen LogP contribution in [0.3, 0.4) is 0 Å². The van der Waals surface area contributed by atoms with Gasteiger partial charge in [-0.2, -0.15) is 0 Å². The number of rotatable bonds is 9.